The van der Waals surface area contributed by atoms with Crippen molar-refractivity contribution >= 4 is 18.1 Å². The molecule has 0 aromatic carbocycles. The van der Waals surface area contributed by atoms with Gasteiger partial charge < -0.3 is 4.89 Å². The van der Waals surface area contributed by atoms with E-state index in [0.717, 1.165) is 19.3 Å². The molecule has 7 heteroatoms. The van der Waals surface area contributed by atoms with Crippen LogP contribution in [-0.4, -0.2) is 18.0 Å². The molecule has 0 aliphatic heterocycles. The Labute approximate surface area is 85.1 Å². The number of hydrogen-bond acceptors (Lipinski definition) is 4. The van der Waals surface area contributed by atoms with Crippen molar-refractivity contribution in [2.24, 2.45) is 0 Å². The minimum absolute atomic E-state index is 0.0163. The third kappa shape index (κ3) is 5.65. The Morgan fingerprint density at radius 2 is 1.93 bits per heavy atom. The number of unbranched alkanes of at least 4 members (excludes halogenated alkanes) is 3. The Kier molecular flexibility index (Phi) is 6.44. The molecule has 0 saturated carbocycles. The first kappa shape index (κ1) is 14.0. The maximum atomic E-state index is 10.6. The molecule has 0 heterocycles. The van der Waals surface area contributed by atoms with E-state index in [0.29, 0.717) is 6.42 Å². The van der Waals surface area contributed by atoms with Crippen molar-refractivity contribution in [1.29, 1.82) is 0 Å². The molecule has 0 saturated heterocycles. The van der Waals surface area contributed by atoms with Gasteiger partial charge in [-0.3, -0.25) is 4.55 Å². The molecular weight excluding hydrogens is 227 g/mol. The number of rotatable bonds is 7. The molecule has 2 atom stereocenters. The van der Waals surface area contributed by atoms with Crippen molar-refractivity contribution in [1.82, 2.24) is 0 Å². The van der Waals surface area contributed by atoms with Gasteiger partial charge >= 0.3 is 18.1 Å². The fourth-order valence-electron chi connectivity index (χ4n) is 1.11. The summed E-state index contributed by atoms with van der Waals surface area (Å²) >= 11 is 0. The van der Waals surface area contributed by atoms with Gasteiger partial charge in [0.1, 0.15) is 0 Å². The SMILES string of the molecule is CCCCCCC([P+](=O)[O-])S(=O)(=O)O. The largest absolute Gasteiger partial charge is 0.594 e. The van der Waals surface area contributed by atoms with Crippen molar-refractivity contribution in [2.75, 3.05) is 0 Å². The van der Waals surface area contributed by atoms with Crippen LogP contribution in [0.25, 0.3) is 0 Å². The highest BCUT2D eigenvalue weighted by Crippen LogP contribution is 2.27. The van der Waals surface area contributed by atoms with Gasteiger partial charge in [0.05, 0.1) is 0 Å². The van der Waals surface area contributed by atoms with Gasteiger partial charge in [0, 0.05) is 6.42 Å². The summed E-state index contributed by atoms with van der Waals surface area (Å²) in [5.74, 6) is 0. The van der Waals surface area contributed by atoms with Gasteiger partial charge in [-0.1, -0.05) is 30.8 Å². The molecule has 14 heavy (non-hydrogen) atoms. The summed E-state index contributed by atoms with van der Waals surface area (Å²) in [7, 11) is -7.56. The third-order valence-corrected chi connectivity index (χ3v) is 4.85. The second-order valence-corrected chi connectivity index (χ2v) is 6.25. The zero-order chi connectivity index (χ0) is 11.2. The van der Waals surface area contributed by atoms with E-state index in [1.165, 1.54) is 0 Å². The minimum atomic E-state index is -4.45. The topological polar surface area (TPSA) is 94.5 Å². The normalized spacial score (nSPS) is 15.2. The van der Waals surface area contributed by atoms with Crippen LogP contribution in [0.1, 0.15) is 39.0 Å². The van der Waals surface area contributed by atoms with Gasteiger partial charge in [0.2, 0.25) is 0 Å². The first-order valence-electron chi connectivity index (χ1n) is 4.49. The quantitative estimate of drug-likeness (QED) is 0.412. The number of hydrogen-bond donors (Lipinski definition) is 1. The second-order valence-electron chi connectivity index (χ2n) is 3.10. The van der Waals surface area contributed by atoms with Crippen LogP contribution in [0.3, 0.4) is 0 Å². The fourth-order valence-corrected chi connectivity index (χ4v) is 2.84. The molecule has 0 aliphatic carbocycles. The molecule has 0 aromatic rings. The standard InChI is InChI=1S/C7H15O5PS/c1-2-3-4-5-6-7(13(8)9)14(10,11)12/h7H,2-6H2,1H3,(H,10,11,12). The van der Waals surface area contributed by atoms with Gasteiger partial charge in [-0.05, 0) is 6.42 Å². The van der Waals surface area contributed by atoms with Crippen LogP contribution in [0.15, 0.2) is 0 Å². The van der Waals surface area contributed by atoms with E-state index in [4.69, 9.17) is 4.55 Å². The summed E-state index contributed by atoms with van der Waals surface area (Å²) in [4.78, 5) is 8.88. The molecule has 84 valence electrons. The average molecular weight is 242 g/mol. The van der Waals surface area contributed by atoms with Gasteiger partial charge in [-0.2, -0.15) is 8.42 Å². The summed E-state index contributed by atoms with van der Waals surface area (Å²) < 4.78 is 40.3. The molecule has 0 radical (unpaired) electrons. The summed E-state index contributed by atoms with van der Waals surface area (Å²) in [5, 5.41) is 0. The van der Waals surface area contributed by atoms with E-state index < -0.39 is 23.1 Å². The molecule has 0 aromatic heterocycles. The van der Waals surface area contributed by atoms with Crippen LogP contribution < -0.4 is 4.89 Å². The molecule has 0 fully saturated rings. The first-order valence-corrected chi connectivity index (χ1v) is 7.24. The van der Waals surface area contributed by atoms with E-state index in [2.05, 4.69) is 0 Å². The Balaban J connectivity index is 4.07. The molecule has 0 spiro atoms. The second kappa shape index (κ2) is 6.45. The van der Waals surface area contributed by atoms with E-state index >= 15 is 0 Å². The summed E-state index contributed by atoms with van der Waals surface area (Å²) in [5.41, 5.74) is 0. The maximum Gasteiger partial charge on any atom is 0.330 e. The van der Waals surface area contributed by atoms with E-state index in [-0.39, 0.29) is 6.42 Å². The third-order valence-electron chi connectivity index (χ3n) is 1.88. The van der Waals surface area contributed by atoms with Gasteiger partial charge in [-0.25, -0.2) is 0 Å². The Morgan fingerprint density at radius 3 is 2.29 bits per heavy atom. The van der Waals surface area contributed by atoms with Crippen molar-refractivity contribution in [3.63, 3.8) is 0 Å². The highest BCUT2D eigenvalue weighted by atomic mass is 32.2. The van der Waals surface area contributed by atoms with Crippen LogP contribution in [0.4, 0.5) is 0 Å². The predicted octanol–water partition coefficient (Wildman–Crippen LogP) is 1.27. The molecule has 0 aliphatic rings. The lowest BCUT2D eigenvalue weighted by molar-refractivity contribution is -0.165. The van der Waals surface area contributed by atoms with Crippen molar-refractivity contribution in [2.45, 2.75) is 44.0 Å². The summed E-state index contributed by atoms with van der Waals surface area (Å²) in [6.45, 7) is 1.99. The van der Waals surface area contributed by atoms with E-state index in [1.54, 1.807) is 0 Å². The van der Waals surface area contributed by atoms with Crippen LogP contribution in [-0.2, 0) is 14.7 Å². The van der Waals surface area contributed by atoms with Gasteiger partial charge in [-0.15, -0.1) is 0 Å². The highest BCUT2D eigenvalue weighted by molar-refractivity contribution is 7.92. The van der Waals surface area contributed by atoms with Crippen LogP contribution in [0, 0.1) is 0 Å². The summed E-state index contributed by atoms with van der Waals surface area (Å²) in [6.07, 6.45) is 3.19. The predicted molar refractivity (Wildman–Crippen MR) is 51.7 cm³/mol. The molecule has 0 amide bonds. The van der Waals surface area contributed by atoms with E-state index in [1.807, 2.05) is 6.92 Å². The van der Waals surface area contributed by atoms with Crippen LogP contribution in [0.2, 0.25) is 0 Å². The molecule has 2 unspecified atom stereocenters. The van der Waals surface area contributed by atoms with Crippen molar-refractivity contribution < 1.29 is 22.4 Å². The smallest absolute Gasteiger partial charge is 0.330 e. The molecule has 1 N–H and O–H groups in total. The zero-order valence-corrected chi connectivity index (χ0v) is 9.76. The molecule has 0 bridgehead atoms. The minimum Gasteiger partial charge on any atom is -0.594 e. The average Bonchev–Trinajstić information content (AvgIpc) is 2.01. The molecule has 5 nitrogen and oxygen atoms in total. The van der Waals surface area contributed by atoms with E-state index in [9.17, 15) is 17.9 Å². The highest BCUT2D eigenvalue weighted by Gasteiger charge is 2.34. The molecule has 0 rings (SSSR count). The Hall–Kier alpha value is -0.0300. The summed E-state index contributed by atoms with van der Waals surface area (Å²) in [6, 6.07) is 0. The Morgan fingerprint density at radius 1 is 1.36 bits per heavy atom. The van der Waals surface area contributed by atoms with Crippen molar-refractivity contribution in [3.8, 4) is 0 Å². The van der Waals surface area contributed by atoms with Crippen LogP contribution in [0.5, 0.6) is 0 Å². The maximum absolute atomic E-state index is 10.6. The fraction of sp³-hybridized carbons (Fsp3) is 1.00. The lowest BCUT2D eigenvalue weighted by atomic mass is 10.2. The lowest BCUT2D eigenvalue weighted by Gasteiger charge is -2.04. The molecular formula is C7H15O5PS. The van der Waals surface area contributed by atoms with Crippen molar-refractivity contribution in [3.05, 3.63) is 0 Å². The van der Waals surface area contributed by atoms with Crippen LogP contribution >= 0.6 is 8.03 Å². The first-order chi connectivity index (χ1) is 6.39. The van der Waals surface area contributed by atoms with Gasteiger partial charge in [0.15, 0.2) is 0 Å². The lowest BCUT2D eigenvalue weighted by Crippen LogP contribution is -2.20. The Bertz CT molecular complexity index is 274. The van der Waals surface area contributed by atoms with Gasteiger partial charge in [0.25, 0.3) is 4.99 Å². The zero-order valence-electron chi connectivity index (χ0n) is 8.05. The monoisotopic (exact) mass is 242 g/mol.